The van der Waals surface area contributed by atoms with Crippen LogP contribution >= 0.6 is 34.5 Å². The molecular formula is C11H15Cl2NO2S. The van der Waals surface area contributed by atoms with E-state index in [1.165, 1.54) is 11.3 Å². The summed E-state index contributed by atoms with van der Waals surface area (Å²) in [6.07, 6.45) is 0. The Labute approximate surface area is 115 Å². The lowest BCUT2D eigenvalue weighted by Crippen LogP contribution is -2.48. The Balaban J connectivity index is 3.02. The number of carboxylic acid groups (broad SMARTS) is 1. The van der Waals surface area contributed by atoms with Crippen LogP contribution in [0.5, 0.6) is 0 Å². The summed E-state index contributed by atoms with van der Waals surface area (Å²) in [7, 11) is 1.76. The van der Waals surface area contributed by atoms with Crippen LogP contribution < -0.4 is 0 Å². The molecule has 0 amide bonds. The Morgan fingerprint density at radius 1 is 1.53 bits per heavy atom. The van der Waals surface area contributed by atoms with Crippen molar-refractivity contribution in [2.45, 2.75) is 32.4 Å². The van der Waals surface area contributed by atoms with Crippen LogP contribution in [0.1, 0.15) is 32.4 Å². The molecule has 0 saturated carbocycles. The van der Waals surface area contributed by atoms with Crippen LogP contribution in [0.4, 0.5) is 0 Å². The number of hydrogen-bond donors (Lipinski definition) is 1. The lowest BCUT2D eigenvalue weighted by atomic mass is 9.99. The topological polar surface area (TPSA) is 40.5 Å². The molecule has 0 aliphatic carbocycles. The summed E-state index contributed by atoms with van der Waals surface area (Å²) in [5, 5.41) is 9.18. The molecule has 3 nitrogen and oxygen atoms in total. The minimum atomic E-state index is -0.961. The van der Waals surface area contributed by atoms with Crippen molar-refractivity contribution in [3.8, 4) is 0 Å². The van der Waals surface area contributed by atoms with Crippen LogP contribution in [0.15, 0.2) is 6.07 Å². The second-order valence-electron chi connectivity index (χ2n) is 4.43. The summed E-state index contributed by atoms with van der Waals surface area (Å²) in [6, 6.07) is 1.67. The van der Waals surface area contributed by atoms with Gasteiger partial charge in [-0.2, -0.15) is 0 Å². The third kappa shape index (κ3) is 2.94. The fourth-order valence-electron chi connectivity index (χ4n) is 1.48. The molecule has 0 saturated heterocycles. The summed E-state index contributed by atoms with van der Waals surface area (Å²) in [6.45, 7) is 5.23. The third-order valence-electron chi connectivity index (χ3n) is 3.12. The second-order valence-corrected chi connectivity index (χ2v) is 6.72. The molecule has 0 aliphatic rings. The molecule has 0 aliphatic heterocycles. The highest BCUT2D eigenvalue weighted by atomic mass is 35.5. The Kier molecular flexibility index (Phi) is 4.47. The molecule has 96 valence electrons. The summed E-state index contributed by atoms with van der Waals surface area (Å²) < 4.78 is 1.22. The van der Waals surface area contributed by atoms with E-state index in [-0.39, 0.29) is 6.04 Å². The van der Waals surface area contributed by atoms with Gasteiger partial charge >= 0.3 is 5.97 Å². The minimum Gasteiger partial charge on any atom is -0.480 e. The van der Waals surface area contributed by atoms with Crippen molar-refractivity contribution >= 4 is 40.5 Å². The molecule has 1 rings (SSSR count). The van der Waals surface area contributed by atoms with Gasteiger partial charge in [0.25, 0.3) is 0 Å². The number of nitrogens with zero attached hydrogens (tertiary/aromatic N) is 1. The van der Waals surface area contributed by atoms with Crippen LogP contribution in [0.25, 0.3) is 0 Å². The summed E-state index contributed by atoms with van der Waals surface area (Å²) >= 11 is 13.3. The van der Waals surface area contributed by atoms with Crippen molar-refractivity contribution in [2.75, 3.05) is 7.05 Å². The summed E-state index contributed by atoms with van der Waals surface area (Å²) in [5.41, 5.74) is -0.101. The van der Waals surface area contributed by atoms with E-state index in [1.807, 2.05) is 6.92 Å². The molecule has 1 heterocycles. The van der Waals surface area contributed by atoms with Gasteiger partial charge in [-0.15, -0.1) is 11.3 Å². The van der Waals surface area contributed by atoms with E-state index in [4.69, 9.17) is 23.2 Å². The first-order valence-electron chi connectivity index (χ1n) is 5.09. The smallest absolute Gasteiger partial charge is 0.323 e. The number of thiophene rings is 1. The Morgan fingerprint density at radius 3 is 2.41 bits per heavy atom. The molecule has 0 bridgehead atoms. The Bertz CT molecular complexity index is 431. The van der Waals surface area contributed by atoms with E-state index in [1.54, 1.807) is 31.9 Å². The van der Waals surface area contributed by atoms with Gasteiger partial charge in [-0.1, -0.05) is 23.2 Å². The highest BCUT2D eigenvalue weighted by molar-refractivity contribution is 7.20. The minimum absolute atomic E-state index is 0.114. The first-order valence-corrected chi connectivity index (χ1v) is 6.66. The lowest BCUT2D eigenvalue weighted by molar-refractivity contribution is -0.149. The lowest BCUT2D eigenvalue weighted by Gasteiger charge is -2.36. The van der Waals surface area contributed by atoms with E-state index in [2.05, 4.69) is 0 Å². The number of rotatable bonds is 4. The molecule has 1 unspecified atom stereocenters. The highest BCUT2D eigenvalue weighted by Crippen LogP contribution is 2.38. The van der Waals surface area contributed by atoms with Crippen molar-refractivity contribution in [3.05, 3.63) is 20.3 Å². The predicted octanol–water partition coefficient (Wildman–Crippen LogP) is 3.91. The van der Waals surface area contributed by atoms with Crippen LogP contribution in [-0.4, -0.2) is 28.6 Å². The largest absolute Gasteiger partial charge is 0.480 e. The van der Waals surface area contributed by atoms with Gasteiger partial charge in [-0.05, 0) is 33.9 Å². The zero-order valence-electron chi connectivity index (χ0n) is 10.1. The number of aliphatic carboxylic acids is 1. The van der Waals surface area contributed by atoms with E-state index in [9.17, 15) is 9.90 Å². The summed E-state index contributed by atoms with van der Waals surface area (Å²) in [5.74, 6) is -0.871. The van der Waals surface area contributed by atoms with Gasteiger partial charge in [0, 0.05) is 11.6 Å². The molecule has 0 radical (unpaired) electrons. The van der Waals surface area contributed by atoms with E-state index in [0.29, 0.717) is 8.67 Å². The van der Waals surface area contributed by atoms with Crippen molar-refractivity contribution < 1.29 is 9.90 Å². The number of likely N-dealkylation sites (N-methyl/N-ethyl adjacent to an activating group) is 1. The normalized spacial score (nSPS) is 14.1. The zero-order valence-corrected chi connectivity index (χ0v) is 12.4. The van der Waals surface area contributed by atoms with Crippen molar-refractivity contribution in [1.29, 1.82) is 0 Å². The number of halogens is 2. The van der Waals surface area contributed by atoms with Gasteiger partial charge < -0.3 is 5.11 Å². The third-order valence-corrected chi connectivity index (χ3v) is 4.64. The quantitative estimate of drug-likeness (QED) is 0.915. The maximum atomic E-state index is 11.2. The summed E-state index contributed by atoms with van der Waals surface area (Å²) in [4.78, 5) is 13.0. The molecule has 1 N–H and O–H groups in total. The van der Waals surface area contributed by atoms with Gasteiger partial charge in [0.1, 0.15) is 5.54 Å². The molecule has 1 aromatic heterocycles. The molecule has 1 aromatic rings. The van der Waals surface area contributed by atoms with Crippen LogP contribution in [0.3, 0.4) is 0 Å². The maximum absolute atomic E-state index is 11.2. The number of carboxylic acids is 1. The average molecular weight is 296 g/mol. The molecule has 0 spiro atoms. The Morgan fingerprint density at radius 2 is 2.06 bits per heavy atom. The van der Waals surface area contributed by atoms with Crippen LogP contribution in [0, 0.1) is 0 Å². The second kappa shape index (κ2) is 5.14. The van der Waals surface area contributed by atoms with Gasteiger partial charge in [-0.25, -0.2) is 0 Å². The van der Waals surface area contributed by atoms with E-state index >= 15 is 0 Å². The average Bonchev–Trinajstić information content (AvgIpc) is 2.55. The molecule has 0 fully saturated rings. The number of carbonyl (C=O) groups is 1. The monoisotopic (exact) mass is 295 g/mol. The first-order chi connectivity index (χ1) is 7.67. The number of hydrogen-bond acceptors (Lipinski definition) is 3. The van der Waals surface area contributed by atoms with Gasteiger partial charge in [-0.3, -0.25) is 9.69 Å². The highest BCUT2D eigenvalue weighted by Gasteiger charge is 2.36. The SMILES string of the molecule is CC(c1cc(Cl)sc1Cl)N(C)C(C)(C)C(=O)O. The zero-order chi connectivity index (χ0) is 13.4. The molecule has 17 heavy (non-hydrogen) atoms. The van der Waals surface area contributed by atoms with E-state index in [0.717, 1.165) is 5.56 Å². The molecule has 1 atom stereocenters. The van der Waals surface area contributed by atoms with Gasteiger partial charge in [0.05, 0.1) is 8.67 Å². The molecular weight excluding hydrogens is 281 g/mol. The fraction of sp³-hybridized carbons (Fsp3) is 0.545. The van der Waals surface area contributed by atoms with Gasteiger partial charge in [0.15, 0.2) is 0 Å². The fourth-order valence-corrected chi connectivity index (χ4v) is 3.12. The van der Waals surface area contributed by atoms with Crippen LogP contribution in [0.2, 0.25) is 8.67 Å². The van der Waals surface area contributed by atoms with Crippen molar-refractivity contribution in [2.24, 2.45) is 0 Å². The molecule has 6 heteroatoms. The van der Waals surface area contributed by atoms with Crippen LogP contribution in [-0.2, 0) is 4.79 Å². The predicted molar refractivity (Wildman–Crippen MR) is 72.2 cm³/mol. The standard InChI is InChI=1S/C11H15Cl2NO2S/c1-6(7-5-8(12)17-9(7)13)14(4)11(2,3)10(15)16/h5-6H,1-4H3,(H,15,16). The van der Waals surface area contributed by atoms with Gasteiger partial charge in [0.2, 0.25) is 0 Å². The molecule has 0 aromatic carbocycles. The van der Waals surface area contributed by atoms with E-state index < -0.39 is 11.5 Å². The maximum Gasteiger partial charge on any atom is 0.323 e. The van der Waals surface area contributed by atoms with Crippen molar-refractivity contribution in [1.82, 2.24) is 4.90 Å². The Hall–Kier alpha value is -0.290. The van der Waals surface area contributed by atoms with Crippen molar-refractivity contribution in [3.63, 3.8) is 0 Å². The first kappa shape index (κ1) is 14.8.